The van der Waals surface area contributed by atoms with Gasteiger partial charge in [-0.25, -0.2) is 0 Å². The molecule has 0 aliphatic carbocycles. The maximum atomic E-state index is 7.12. The first-order valence-electron chi connectivity index (χ1n) is 11.9. The quantitative estimate of drug-likeness (QED) is 0.215. The predicted octanol–water partition coefficient (Wildman–Crippen LogP) is 9.48. The first-order chi connectivity index (χ1) is 17.5. The van der Waals surface area contributed by atoms with Crippen LogP contribution >= 0.6 is 46.7 Å². The van der Waals surface area contributed by atoms with Gasteiger partial charge in [0.05, 0.1) is 33.5 Å². The van der Waals surface area contributed by atoms with Gasteiger partial charge in [0, 0.05) is 31.1 Å². The van der Waals surface area contributed by atoms with Crippen LogP contribution < -0.4 is 9.80 Å². The zero-order valence-electron chi connectivity index (χ0n) is 20.0. The molecule has 0 aromatic heterocycles. The van der Waals surface area contributed by atoms with Crippen LogP contribution in [0.1, 0.15) is 6.42 Å². The van der Waals surface area contributed by atoms with Crippen LogP contribution in [0, 0.1) is 0 Å². The molecule has 3 nitrogen and oxygen atoms in total. The minimum absolute atomic E-state index is 0.711. The molecule has 0 bridgehead atoms. The molecule has 2 aliphatic rings. The normalized spacial score (nSPS) is 13.8. The van der Waals surface area contributed by atoms with Crippen LogP contribution in [0.25, 0.3) is 0 Å². The molecule has 0 fully saturated rings. The van der Waals surface area contributed by atoms with E-state index in [-0.39, 0.29) is 0 Å². The molecule has 0 saturated heterocycles. The zero-order valence-corrected chi connectivity index (χ0v) is 23.2. The third-order valence-electron chi connectivity index (χ3n) is 6.41. The largest absolute Gasteiger partial charge is 0.340 e. The second kappa shape index (κ2) is 9.88. The fourth-order valence-corrected chi connectivity index (χ4v) is 7.34. The van der Waals surface area contributed by atoms with Crippen molar-refractivity contribution in [2.75, 3.05) is 37.0 Å². The van der Waals surface area contributed by atoms with Crippen LogP contribution in [0.4, 0.5) is 28.4 Å². The van der Waals surface area contributed by atoms with Crippen molar-refractivity contribution >= 4 is 75.2 Å². The second-order valence-corrected chi connectivity index (χ2v) is 12.2. The van der Waals surface area contributed by atoms with Crippen LogP contribution in [-0.2, 0) is 0 Å². The fraction of sp³-hybridized carbons (Fsp3) is 0.172. The van der Waals surface area contributed by atoms with Gasteiger partial charge < -0.3 is 14.7 Å². The first-order valence-corrected chi connectivity index (χ1v) is 14.3. The lowest BCUT2D eigenvalue weighted by molar-refractivity contribution is 0.402. The molecule has 0 saturated carbocycles. The molecule has 0 N–H and O–H groups in total. The van der Waals surface area contributed by atoms with Gasteiger partial charge in [-0.3, -0.25) is 0 Å². The summed E-state index contributed by atoms with van der Waals surface area (Å²) in [6, 6.07) is 27.6. The van der Waals surface area contributed by atoms with Gasteiger partial charge in [-0.05, 0) is 81.7 Å². The summed E-state index contributed by atoms with van der Waals surface area (Å²) in [6.45, 7) is 1.97. The van der Waals surface area contributed by atoms with Gasteiger partial charge in [-0.1, -0.05) is 71.0 Å². The molecule has 2 aliphatic heterocycles. The van der Waals surface area contributed by atoms with E-state index in [4.69, 9.17) is 23.2 Å². The van der Waals surface area contributed by atoms with Gasteiger partial charge in [0.2, 0.25) is 0 Å². The molecular formula is C29H25Cl2N3S2. The molecule has 182 valence electrons. The van der Waals surface area contributed by atoms with Crippen LogP contribution in [0.2, 0.25) is 10.0 Å². The Hall–Kier alpha value is -2.28. The Morgan fingerprint density at radius 1 is 0.667 bits per heavy atom. The van der Waals surface area contributed by atoms with E-state index in [1.807, 2.05) is 23.9 Å². The Kier molecular flexibility index (Phi) is 6.61. The summed E-state index contributed by atoms with van der Waals surface area (Å²) in [4.78, 5) is 11.7. The van der Waals surface area contributed by atoms with E-state index >= 15 is 0 Å². The Morgan fingerprint density at radius 2 is 1.33 bits per heavy atom. The summed E-state index contributed by atoms with van der Waals surface area (Å²) in [5, 5.41) is 1.43. The molecular weight excluding hydrogens is 525 g/mol. The predicted molar refractivity (Wildman–Crippen MR) is 156 cm³/mol. The van der Waals surface area contributed by atoms with Crippen LogP contribution in [0.3, 0.4) is 0 Å². The molecule has 0 radical (unpaired) electrons. The Balaban J connectivity index is 1.48. The van der Waals surface area contributed by atoms with Crippen molar-refractivity contribution in [1.82, 2.24) is 4.90 Å². The standard InChI is InChI=1S/C29H25Cl2N3S2/c1-32(2)14-7-15-33-21-8-3-5-10-26(21)36-29-18-23(20(31)17-24(29)33)34-22-9-4-6-11-27(22)35-28-13-12-19(30)16-25(28)34/h3-6,8-13,16-18H,7,14-15H2,1-2H3. The highest BCUT2D eigenvalue weighted by molar-refractivity contribution is 8.00. The van der Waals surface area contributed by atoms with Crippen molar-refractivity contribution in [1.29, 1.82) is 0 Å². The van der Waals surface area contributed by atoms with E-state index in [0.717, 1.165) is 52.2 Å². The molecule has 4 aromatic rings. The molecule has 0 atom stereocenters. The average molecular weight is 551 g/mol. The number of anilines is 5. The second-order valence-electron chi connectivity index (χ2n) is 9.17. The van der Waals surface area contributed by atoms with E-state index in [0.29, 0.717) is 5.02 Å². The summed E-state index contributed by atoms with van der Waals surface area (Å²) in [6.07, 6.45) is 1.06. The number of nitrogens with zero attached hydrogens (tertiary/aromatic N) is 3. The van der Waals surface area contributed by atoms with Gasteiger partial charge in [0.1, 0.15) is 0 Å². The van der Waals surface area contributed by atoms with Crippen molar-refractivity contribution in [3.63, 3.8) is 0 Å². The topological polar surface area (TPSA) is 9.72 Å². The molecule has 2 heterocycles. The lowest BCUT2D eigenvalue weighted by Crippen LogP contribution is -2.25. The first kappa shape index (κ1) is 24.1. The number of halogens is 2. The fourth-order valence-electron chi connectivity index (χ4n) is 4.78. The van der Waals surface area contributed by atoms with Crippen molar-refractivity contribution in [2.24, 2.45) is 0 Å². The van der Waals surface area contributed by atoms with E-state index in [1.54, 1.807) is 11.8 Å². The lowest BCUT2D eigenvalue weighted by Gasteiger charge is -2.36. The van der Waals surface area contributed by atoms with Crippen LogP contribution in [0.5, 0.6) is 0 Å². The number of hydrogen-bond donors (Lipinski definition) is 0. The zero-order chi connectivity index (χ0) is 24.8. The van der Waals surface area contributed by atoms with Gasteiger partial charge in [-0.15, -0.1) is 0 Å². The lowest BCUT2D eigenvalue weighted by atomic mass is 10.1. The molecule has 0 unspecified atom stereocenters. The van der Waals surface area contributed by atoms with Gasteiger partial charge in [0.15, 0.2) is 0 Å². The third-order valence-corrected chi connectivity index (χ3v) is 9.19. The summed E-state index contributed by atoms with van der Waals surface area (Å²) >= 11 is 17.2. The van der Waals surface area contributed by atoms with Crippen LogP contribution in [-0.4, -0.2) is 32.1 Å². The highest BCUT2D eigenvalue weighted by Crippen LogP contribution is 2.56. The average Bonchev–Trinajstić information content (AvgIpc) is 2.87. The minimum Gasteiger partial charge on any atom is -0.340 e. The van der Waals surface area contributed by atoms with Gasteiger partial charge >= 0.3 is 0 Å². The number of rotatable bonds is 5. The number of benzene rings is 4. The van der Waals surface area contributed by atoms with E-state index in [9.17, 15) is 0 Å². The number of para-hydroxylation sites is 2. The summed E-state index contributed by atoms with van der Waals surface area (Å²) in [5.41, 5.74) is 5.54. The molecule has 0 spiro atoms. The van der Waals surface area contributed by atoms with Crippen molar-refractivity contribution in [2.45, 2.75) is 26.0 Å². The van der Waals surface area contributed by atoms with Gasteiger partial charge in [-0.2, -0.15) is 0 Å². The summed E-state index contributed by atoms with van der Waals surface area (Å²) < 4.78 is 0. The van der Waals surface area contributed by atoms with E-state index in [1.165, 1.54) is 20.4 Å². The van der Waals surface area contributed by atoms with E-state index in [2.05, 4.69) is 95.5 Å². The number of fused-ring (bicyclic) bond motifs is 4. The van der Waals surface area contributed by atoms with E-state index < -0.39 is 0 Å². The monoisotopic (exact) mass is 549 g/mol. The van der Waals surface area contributed by atoms with Crippen molar-refractivity contribution in [3.05, 3.63) is 88.9 Å². The maximum Gasteiger partial charge on any atom is 0.0668 e. The van der Waals surface area contributed by atoms with Crippen LogP contribution in [0.15, 0.2) is 98.4 Å². The molecule has 4 aromatic carbocycles. The molecule has 0 amide bonds. The SMILES string of the molecule is CN(C)CCCN1c2ccccc2Sc2cc(N3c4ccccc4Sc4ccc(Cl)cc43)c(Cl)cc21. The highest BCUT2D eigenvalue weighted by Gasteiger charge is 2.30. The minimum atomic E-state index is 0.711. The van der Waals surface area contributed by atoms with Crippen molar-refractivity contribution in [3.8, 4) is 0 Å². The Morgan fingerprint density at radius 3 is 2.11 bits per heavy atom. The van der Waals surface area contributed by atoms with Gasteiger partial charge in [0.25, 0.3) is 0 Å². The summed E-state index contributed by atoms with van der Waals surface area (Å²) in [5.74, 6) is 0. The summed E-state index contributed by atoms with van der Waals surface area (Å²) in [7, 11) is 4.24. The third kappa shape index (κ3) is 4.37. The Labute approximate surface area is 231 Å². The Bertz CT molecular complexity index is 1460. The smallest absolute Gasteiger partial charge is 0.0668 e. The molecule has 7 heteroatoms. The molecule has 36 heavy (non-hydrogen) atoms. The molecule has 6 rings (SSSR count). The number of hydrogen-bond acceptors (Lipinski definition) is 5. The maximum absolute atomic E-state index is 7.12. The highest BCUT2D eigenvalue weighted by atomic mass is 35.5. The van der Waals surface area contributed by atoms with Crippen molar-refractivity contribution < 1.29 is 0 Å².